The lowest BCUT2D eigenvalue weighted by molar-refractivity contribution is -0.170. The first-order valence-electron chi connectivity index (χ1n) is 10.5. The van der Waals surface area contributed by atoms with Gasteiger partial charge in [0.05, 0.1) is 6.10 Å². The summed E-state index contributed by atoms with van der Waals surface area (Å²) < 4.78 is 5.03. The fraction of sp³-hybridized carbons (Fsp3) is 0.739. The summed E-state index contributed by atoms with van der Waals surface area (Å²) in [6, 6.07) is 0. The smallest absolute Gasteiger partial charge is 0.190 e. The number of ether oxygens (including phenoxy) is 1. The van der Waals surface area contributed by atoms with E-state index in [1.54, 1.807) is 12.2 Å². The standard InChI is InChI=1S/C23H32O5/c1-21-11-14(6-9-23(21,27)19(26)13-28-3)17-5-4-15-10-16(24)7-8-22(15,2)20(17)18(25)12-21/h7-8,10,14,17-18,20,25,27H,4-6,9,11-13H2,1-3H3/t14-,17?,18+,20-,21-,22+,23+/m1/s1. The van der Waals surface area contributed by atoms with Crippen LogP contribution in [0.1, 0.15) is 52.4 Å². The molecular formula is C23H32O5. The minimum Gasteiger partial charge on any atom is -0.393 e. The molecule has 1 unspecified atom stereocenters. The van der Waals surface area contributed by atoms with Crippen LogP contribution in [-0.4, -0.2) is 47.2 Å². The molecule has 28 heavy (non-hydrogen) atoms. The second kappa shape index (κ2) is 6.61. The normalized spacial score (nSPS) is 47.6. The molecule has 0 radical (unpaired) electrons. The molecule has 0 aromatic heterocycles. The van der Waals surface area contributed by atoms with Crippen molar-refractivity contribution in [2.45, 2.75) is 64.1 Å². The number of carbonyl (C=O) groups is 2. The van der Waals surface area contributed by atoms with Crippen molar-refractivity contribution in [2.75, 3.05) is 13.7 Å². The Labute approximate surface area is 166 Å². The molecule has 4 aliphatic carbocycles. The molecule has 3 saturated carbocycles. The van der Waals surface area contributed by atoms with E-state index in [1.807, 2.05) is 13.0 Å². The van der Waals surface area contributed by atoms with Crippen molar-refractivity contribution >= 4 is 11.6 Å². The highest BCUT2D eigenvalue weighted by Crippen LogP contribution is 2.62. The summed E-state index contributed by atoms with van der Waals surface area (Å²) in [6.45, 7) is 4.00. The van der Waals surface area contributed by atoms with E-state index in [0.29, 0.717) is 24.7 Å². The van der Waals surface area contributed by atoms with Crippen molar-refractivity contribution < 1.29 is 24.5 Å². The second-order valence-electron chi connectivity index (χ2n) is 9.97. The number of fused-ring (bicyclic) bond motifs is 6. The van der Waals surface area contributed by atoms with Gasteiger partial charge in [-0.3, -0.25) is 9.59 Å². The lowest BCUT2D eigenvalue weighted by Gasteiger charge is -2.51. The summed E-state index contributed by atoms with van der Waals surface area (Å²) in [6.07, 6.45) is 8.92. The number of aliphatic hydroxyl groups excluding tert-OH is 1. The van der Waals surface area contributed by atoms with E-state index in [2.05, 4.69) is 6.92 Å². The van der Waals surface area contributed by atoms with Gasteiger partial charge in [0.1, 0.15) is 12.2 Å². The van der Waals surface area contributed by atoms with Gasteiger partial charge in [-0.05, 0) is 62.5 Å². The Hall–Kier alpha value is -1.30. The largest absolute Gasteiger partial charge is 0.393 e. The molecule has 2 N–H and O–H groups in total. The number of allylic oxidation sites excluding steroid dienone is 4. The summed E-state index contributed by atoms with van der Waals surface area (Å²) >= 11 is 0. The Morgan fingerprint density at radius 1 is 1.29 bits per heavy atom. The van der Waals surface area contributed by atoms with Gasteiger partial charge in [-0.15, -0.1) is 0 Å². The second-order valence-corrected chi connectivity index (χ2v) is 9.97. The fourth-order valence-corrected chi connectivity index (χ4v) is 7.04. The molecule has 0 saturated heterocycles. The van der Waals surface area contributed by atoms with Crippen LogP contribution in [-0.2, 0) is 14.3 Å². The van der Waals surface area contributed by atoms with Crippen LogP contribution < -0.4 is 0 Å². The summed E-state index contributed by atoms with van der Waals surface area (Å²) in [5.41, 5.74) is -1.34. The molecule has 0 aliphatic heterocycles. The van der Waals surface area contributed by atoms with Crippen LogP contribution in [0.2, 0.25) is 0 Å². The van der Waals surface area contributed by atoms with Crippen LogP contribution >= 0.6 is 0 Å². The molecule has 0 heterocycles. The van der Waals surface area contributed by atoms with Crippen LogP contribution in [0.3, 0.4) is 0 Å². The molecular weight excluding hydrogens is 356 g/mol. The van der Waals surface area contributed by atoms with Gasteiger partial charge in [0.25, 0.3) is 0 Å². The number of aliphatic hydroxyl groups is 2. The lowest BCUT2D eigenvalue weighted by atomic mass is 9.53. The predicted octanol–water partition coefficient (Wildman–Crippen LogP) is 2.60. The molecule has 3 fully saturated rings. The summed E-state index contributed by atoms with van der Waals surface area (Å²) in [5.74, 6) is 0.455. The third-order valence-corrected chi connectivity index (χ3v) is 8.51. The average Bonchev–Trinajstić information content (AvgIpc) is 2.73. The quantitative estimate of drug-likeness (QED) is 0.776. The maximum Gasteiger partial charge on any atom is 0.190 e. The van der Waals surface area contributed by atoms with E-state index < -0.39 is 17.1 Å². The third kappa shape index (κ3) is 2.70. The highest BCUT2D eigenvalue weighted by Gasteiger charge is 2.62. The third-order valence-electron chi connectivity index (χ3n) is 8.51. The highest BCUT2D eigenvalue weighted by molar-refractivity contribution is 6.01. The first-order valence-corrected chi connectivity index (χ1v) is 10.5. The number of Topliss-reactive ketones (excluding diaryl/α,β-unsaturated/α-hetero) is 1. The zero-order valence-corrected chi connectivity index (χ0v) is 17.1. The van der Waals surface area contributed by atoms with E-state index in [0.717, 1.165) is 31.3 Å². The monoisotopic (exact) mass is 388 g/mol. The molecule has 154 valence electrons. The maximum absolute atomic E-state index is 12.8. The van der Waals surface area contributed by atoms with Crippen molar-refractivity contribution in [3.63, 3.8) is 0 Å². The topological polar surface area (TPSA) is 83.8 Å². The SMILES string of the molecule is COCC(=O)[C@@]1(O)CC[C@@H]2C[C@]1(C)C[C@H](O)[C@H]1C2CCC2=CC(=O)C=C[C@@]21C. The van der Waals surface area contributed by atoms with Crippen LogP contribution in [0, 0.1) is 28.6 Å². The highest BCUT2D eigenvalue weighted by atomic mass is 16.5. The molecule has 4 aliphatic rings. The van der Waals surface area contributed by atoms with Crippen molar-refractivity contribution in [1.82, 2.24) is 0 Å². The molecule has 0 amide bonds. The number of hydrogen-bond acceptors (Lipinski definition) is 5. The van der Waals surface area contributed by atoms with Gasteiger partial charge in [-0.2, -0.15) is 0 Å². The van der Waals surface area contributed by atoms with Gasteiger partial charge in [0, 0.05) is 23.9 Å². The van der Waals surface area contributed by atoms with Crippen LogP contribution in [0.4, 0.5) is 0 Å². The summed E-state index contributed by atoms with van der Waals surface area (Å²) in [7, 11) is 1.47. The van der Waals surface area contributed by atoms with Gasteiger partial charge in [-0.1, -0.05) is 25.5 Å². The number of rotatable bonds is 3. The average molecular weight is 389 g/mol. The van der Waals surface area contributed by atoms with Crippen molar-refractivity contribution in [1.29, 1.82) is 0 Å². The Kier molecular flexibility index (Phi) is 4.72. The van der Waals surface area contributed by atoms with Gasteiger partial charge in [0.15, 0.2) is 11.6 Å². The Morgan fingerprint density at radius 3 is 2.75 bits per heavy atom. The van der Waals surface area contributed by atoms with Gasteiger partial charge >= 0.3 is 0 Å². The Morgan fingerprint density at radius 2 is 2.04 bits per heavy atom. The molecule has 5 nitrogen and oxygen atoms in total. The molecule has 0 spiro atoms. The predicted molar refractivity (Wildman–Crippen MR) is 104 cm³/mol. The van der Waals surface area contributed by atoms with Gasteiger partial charge in [-0.25, -0.2) is 0 Å². The van der Waals surface area contributed by atoms with Crippen LogP contribution in [0.25, 0.3) is 0 Å². The van der Waals surface area contributed by atoms with E-state index >= 15 is 0 Å². The number of ketones is 2. The van der Waals surface area contributed by atoms with Crippen molar-refractivity contribution in [3.8, 4) is 0 Å². The lowest BCUT2D eigenvalue weighted by Crippen LogP contribution is -2.57. The fourth-order valence-electron chi connectivity index (χ4n) is 7.04. The number of hydrogen-bond donors (Lipinski definition) is 2. The van der Waals surface area contributed by atoms with Crippen LogP contribution in [0.15, 0.2) is 23.8 Å². The maximum atomic E-state index is 12.8. The van der Waals surface area contributed by atoms with Gasteiger partial charge < -0.3 is 14.9 Å². The molecule has 0 aromatic rings. The number of methoxy groups -OCH3 is 1. The summed E-state index contributed by atoms with van der Waals surface area (Å²) in [5, 5.41) is 22.8. The minimum absolute atomic E-state index is 0.00329. The number of carbonyl (C=O) groups excluding carboxylic acids is 2. The van der Waals surface area contributed by atoms with E-state index in [-0.39, 0.29) is 29.5 Å². The Bertz CT molecular complexity index is 754. The van der Waals surface area contributed by atoms with Gasteiger partial charge in [0.2, 0.25) is 0 Å². The molecule has 2 bridgehead atoms. The summed E-state index contributed by atoms with van der Waals surface area (Å²) in [4.78, 5) is 24.7. The zero-order chi connectivity index (χ0) is 20.3. The van der Waals surface area contributed by atoms with Crippen LogP contribution in [0.5, 0.6) is 0 Å². The van der Waals surface area contributed by atoms with E-state index in [4.69, 9.17) is 4.74 Å². The molecule has 4 rings (SSSR count). The zero-order valence-electron chi connectivity index (χ0n) is 17.1. The molecule has 5 heteroatoms. The minimum atomic E-state index is -1.45. The van der Waals surface area contributed by atoms with Crippen molar-refractivity contribution in [2.24, 2.45) is 28.6 Å². The Balaban J connectivity index is 1.73. The van der Waals surface area contributed by atoms with Crippen molar-refractivity contribution in [3.05, 3.63) is 23.8 Å². The van der Waals surface area contributed by atoms with E-state index in [9.17, 15) is 19.8 Å². The van der Waals surface area contributed by atoms with E-state index in [1.165, 1.54) is 7.11 Å². The molecule has 7 atom stereocenters. The molecule has 0 aromatic carbocycles. The first kappa shape index (κ1) is 20.0. The first-order chi connectivity index (χ1) is 13.1.